The lowest BCUT2D eigenvalue weighted by Gasteiger charge is -2.15. The van der Waals surface area contributed by atoms with Crippen molar-refractivity contribution in [2.24, 2.45) is 5.14 Å². The van der Waals surface area contributed by atoms with Crippen LogP contribution in [0.1, 0.15) is 25.0 Å². The molecule has 0 saturated carbocycles. The number of nitrogens with zero attached hydrogens (tertiary/aromatic N) is 1. The highest BCUT2D eigenvalue weighted by molar-refractivity contribution is 7.89. The first-order chi connectivity index (χ1) is 17.2. The number of methoxy groups -OCH3 is 1. The van der Waals surface area contributed by atoms with Gasteiger partial charge in [0.2, 0.25) is 10.0 Å². The summed E-state index contributed by atoms with van der Waals surface area (Å²) in [4.78, 5) is -0.0559. The molecule has 0 spiro atoms. The van der Waals surface area contributed by atoms with Crippen LogP contribution in [0.5, 0.6) is 17.2 Å². The molecule has 37 heavy (non-hydrogen) atoms. The Morgan fingerprint density at radius 3 is 2.24 bits per heavy atom. The summed E-state index contributed by atoms with van der Waals surface area (Å²) in [6.07, 6.45) is 2.46. The topological polar surface area (TPSA) is 90.9 Å². The number of hydrogen-bond acceptors (Lipinski definition) is 5. The summed E-state index contributed by atoms with van der Waals surface area (Å²) in [5.41, 5.74) is 1.62. The zero-order chi connectivity index (χ0) is 26.1. The average Bonchev–Trinajstić information content (AvgIpc) is 2.85. The third-order valence-corrected chi connectivity index (χ3v) is 6.50. The highest BCUT2D eigenvalue weighted by Crippen LogP contribution is 2.27. The molecule has 1 atom stereocenters. The van der Waals surface area contributed by atoms with Crippen molar-refractivity contribution in [1.82, 2.24) is 0 Å². The molecule has 10 heteroatoms. The van der Waals surface area contributed by atoms with Gasteiger partial charge < -0.3 is 38.2 Å². The normalized spacial score (nSPS) is 12.4. The Morgan fingerprint density at radius 2 is 1.65 bits per heavy atom. The highest BCUT2D eigenvalue weighted by Gasteiger charge is 2.21. The van der Waals surface area contributed by atoms with Crippen molar-refractivity contribution >= 4 is 16.2 Å². The number of halogens is 2. The minimum Gasteiger partial charge on any atom is -1.00 e. The van der Waals surface area contributed by atoms with E-state index in [0.29, 0.717) is 37.7 Å². The molecule has 0 bridgehead atoms. The SMILES string of the molecule is CCOc1ccccc1OCC[N+](=Cc1ccc(F)cc1)C(C)Cc1ccc(OC)c(S(N)(=O)=O)c1.[I-]. The monoisotopic (exact) mass is 642 g/mol. The molecule has 2 N–H and O–H groups in total. The molecule has 0 amide bonds. The molecule has 0 aliphatic rings. The molecule has 200 valence electrons. The highest BCUT2D eigenvalue weighted by atomic mass is 127. The maximum atomic E-state index is 13.4. The zero-order valence-electron chi connectivity index (χ0n) is 21.1. The number of para-hydroxylation sites is 2. The quantitative estimate of drug-likeness (QED) is 0.181. The van der Waals surface area contributed by atoms with Gasteiger partial charge in [0, 0.05) is 12.0 Å². The molecule has 0 saturated heterocycles. The predicted molar refractivity (Wildman–Crippen MR) is 137 cm³/mol. The van der Waals surface area contributed by atoms with Crippen LogP contribution in [-0.4, -0.2) is 52.1 Å². The standard InChI is InChI=1S/C27H32FN2O5S.HI/c1-4-34-24-7-5-6-8-25(24)35-16-15-30(19-21-9-12-23(28)13-10-21)20(2)17-22-11-14-26(33-3)27(18-22)36(29,31)32;/h5-14,18-20H,4,15-17H2,1-3H3,(H2,29,31,32);1H/q+1;/p-1. The third-order valence-electron chi connectivity index (χ3n) is 5.57. The summed E-state index contributed by atoms with van der Waals surface area (Å²) < 4.78 is 56.4. The molecular formula is C27H32FIN2O5S. The number of ether oxygens (including phenoxy) is 3. The summed E-state index contributed by atoms with van der Waals surface area (Å²) in [5, 5.41) is 5.38. The Labute approximate surface area is 235 Å². The van der Waals surface area contributed by atoms with Crippen molar-refractivity contribution in [2.75, 3.05) is 26.9 Å². The third kappa shape index (κ3) is 8.97. The van der Waals surface area contributed by atoms with Crippen LogP contribution in [-0.2, 0) is 16.4 Å². The lowest BCUT2D eigenvalue weighted by Crippen LogP contribution is -3.00. The van der Waals surface area contributed by atoms with Gasteiger partial charge in [-0.2, -0.15) is 0 Å². The number of sulfonamides is 1. The van der Waals surface area contributed by atoms with E-state index in [1.165, 1.54) is 25.3 Å². The molecule has 0 heterocycles. The summed E-state index contributed by atoms with van der Waals surface area (Å²) in [6.45, 7) is 5.37. The minimum absolute atomic E-state index is 0. The van der Waals surface area contributed by atoms with Gasteiger partial charge in [-0.3, -0.25) is 0 Å². The van der Waals surface area contributed by atoms with E-state index < -0.39 is 10.0 Å². The first-order valence-electron chi connectivity index (χ1n) is 11.6. The second-order valence-electron chi connectivity index (χ2n) is 8.23. The molecule has 1 unspecified atom stereocenters. The lowest BCUT2D eigenvalue weighted by atomic mass is 10.1. The fourth-order valence-electron chi connectivity index (χ4n) is 3.79. The second kappa shape index (κ2) is 14.3. The molecule has 7 nitrogen and oxygen atoms in total. The largest absolute Gasteiger partial charge is 1.00 e. The molecule has 0 fully saturated rings. The van der Waals surface area contributed by atoms with E-state index in [9.17, 15) is 12.8 Å². The van der Waals surface area contributed by atoms with Gasteiger partial charge in [-0.25, -0.2) is 22.5 Å². The summed E-state index contributed by atoms with van der Waals surface area (Å²) in [6, 6.07) is 18.6. The number of benzene rings is 3. The van der Waals surface area contributed by atoms with Gasteiger partial charge >= 0.3 is 0 Å². The number of primary sulfonamides is 1. The van der Waals surface area contributed by atoms with Gasteiger partial charge in [0.15, 0.2) is 30.3 Å². The Hall–Kier alpha value is -2.70. The van der Waals surface area contributed by atoms with E-state index in [0.717, 1.165) is 11.1 Å². The number of rotatable bonds is 12. The lowest BCUT2D eigenvalue weighted by molar-refractivity contribution is -0.558. The molecule has 0 radical (unpaired) electrons. The number of nitrogens with two attached hydrogens (primary N) is 1. The first-order valence-corrected chi connectivity index (χ1v) is 13.2. The van der Waals surface area contributed by atoms with E-state index in [1.807, 2.05) is 50.4 Å². The van der Waals surface area contributed by atoms with Crippen LogP contribution >= 0.6 is 0 Å². The van der Waals surface area contributed by atoms with Crippen molar-refractivity contribution in [3.63, 3.8) is 0 Å². The van der Waals surface area contributed by atoms with Gasteiger partial charge in [-0.05, 0) is 67.9 Å². The summed E-state index contributed by atoms with van der Waals surface area (Å²) in [5.74, 6) is 1.22. The van der Waals surface area contributed by atoms with E-state index in [4.69, 9.17) is 19.3 Å². The van der Waals surface area contributed by atoms with Crippen LogP contribution in [0.2, 0.25) is 0 Å². The summed E-state index contributed by atoms with van der Waals surface area (Å²) >= 11 is 0. The first kappa shape index (κ1) is 30.5. The fraction of sp³-hybridized carbons (Fsp3) is 0.296. The Balaban J connectivity index is 0.00000481. The van der Waals surface area contributed by atoms with Gasteiger partial charge in [0.05, 0.1) is 13.7 Å². The predicted octanol–water partition coefficient (Wildman–Crippen LogP) is 1.03. The molecule has 0 aliphatic carbocycles. The summed E-state index contributed by atoms with van der Waals surface area (Å²) in [7, 11) is -2.55. The molecular weight excluding hydrogens is 610 g/mol. The van der Waals surface area contributed by atoms with E-state index >= 15 is 0 Å². The average molecular weight is 643 g/mol. The van der Waals surface area contributed by atoms with Gasteiger partial charge in [0.25, 0.3) is 0 Å². The second-order valence-corrected chi connectivity index (χ2v) is 9.76. The van der Waals surface area contributed by atoms with Crippen LogP contribution in [0, 0.1) is 5.82 Å². The molecule has 0 aliphatic heterocycles. The van der Waals surface area contributed by atoms with Crippen molar-refractivity contribution in [3.8, 4) is 17.2 Å². The van der Waals surface area contributed by atoms with Crippen molar-refractivity contribution in [1.29, 1.82) is 0 Å². The van der Waals surface area contributed by atoms with Crippen LogP contribution < -0.4 is 43.3 Å². The van der Waals surface area contributed by atoms with Crippen LogP contribution in [0.25, 0.3) is 0 Å². The van der Waals surface area contributed by atoms with Crippen LogP contribution in [0.15, 0.2) is 71.6 Å². The fourth-order valence-corrected chi connectivity index (χ4v) is 4.53. The minimum atomic E-state index is -3.94. The van der Waals surface area contributed by atoms with Gasteiger partial charge in [0.1, 0.15) is 23.1 Å². The van der Waals surface area contributed by atoms with Gasteiger partial charge in [-0.15, -0.1) is 0 Å². The van der Waals surface area contributed by atoms with Crippen LogP contribution in [0.3, 0.4) is 0 Å². The van der Waals surface area contributed by atoms with E-state index in [-0.39, 0.29) is 46.5 Å². The number of hydrogen-bond donors (Lipinski definition) is 1. The molecule has 0 aromatic heterocycles. The molecule has 3 rings (SSSR count). The van der Waals surface area contributed by atoms with Crippen LogP contribution in [0.4, 0.5) is 4.39 Å². The van der Waals surface area contributed by atoms with E-state index in [1.54, 1.807) is 18.2 Å². The van der Waals surface area contributed by atoms with Gasteiger partial charge in [-0.1, -0.05) is 18.2 Å². The molecule has 3 aromatic carbocycles. The Bertz CT molecular complexity index is 1300. The maximum absolute atomic E-state index is 13.4. The van der Waals surface area contributed by atoms with Crippen molar-refractivity contribution in [3.05, 3.63) is 83.7 Å². The molecule has 3 aromatic rings. The van der Waals surface area contributed by atoms with E-state index in [2.05, 4.69) is 4.58 Å². The van der Waals surface area contributed by atoms with Crippen molar-refractivity contribution in [2.45, 2.75) is 31.2 Å². The smallest absolute Gasteiger partial charge is 0.241 e. The Morgan fingerprint density at radius 1 is 1.00 bits per heavy atom. The zero-order valence-corrected chi connectivity index (χ0v) is 24.0. The Kier molecular flexibility index (Phi) is 11.8. The maximum Gasteiger partial charge on any atom is 0.241 e. The van der Waals surface area contributed by atoms with Crippen molar-refractivity contribution < 1.29 is 55.6 Å².